The summed E-state index contributed by atoms with van der Waals surface area (Å²) in [5.74, 6) is -0.186. The predicted octanol–water partition coefficient (Wildman–Crippen LogP) is 5.36. The third-order valence-corrected chi connectivity index (χ3v) is 3.31. The van der Waals surface area contributed by atoms with Crippen LogP contribution < -0.4 is 5.32 Å². The second-order valence-electron chi connectivity index (χ2n) is 4.52. The van der Waals surface area contributed by atoms with E-state index in [2.05, 4.69) is 35.1 Å². The van der Waals surface area contributed by atoms with Crippen molar-refractivity contribution >= 4 is 21.6 Å². The molecule has 0 saturated carbocycles. The van der Waals surface area contributed by atoms with Crippen molar-refractivity contribution in [2.75, 3.05) is 5.32 Å². The van der Waals surface area contributed by atoms with Crippen molar-refractivity contribution < 1.29 is 4.39 Å². The molecule has 0 amide bonds. The average Bonchev–Trinajstić information content (AvgIpc) is 2.29. The van der Waals surface area contributed by atoms with Crippen LogP contribution in [0.5, 0.6) is 0 Å². The zero-order chi connectivity index (χ0) is 12.7. The lowest BCUT2D eigenvalue weighted by Crippen LogP contribution is -2.15. The van der Waals surface area contributed by atoms with Gasteiger partial charge in [-0.05, 0) is 31.5 Å². The standard InChI is InChI=1S/C14H21BrFN/c1-3-4-5-6-7-11(2)17-14-10-12(15)8-9-13(14)16/h8-11,17H,3-7H2,1-2H3. The van der Waals surface area contributed by atoms with Gasteiger partial charge >= 0.3 is 0 Å². The number of rotatable bonds is 7. The Morgan fingerprint density at radius 1 is 1.29 bits per heavy atom. The van der Waals surface area contributed by atoms with Gasteiger partial charge in [0.05, 0.1) is 5.69 Å². The third kappa shape index (κ3) is 5.53. The summed E-state index contributed by atoms with van der Waals surface area (Å²) in [7, 11) is 0. The first-order valence-electron chi connectivity index (χ1n) is 6.35. The number of anilines is 1. The first-order chi connectivity index (χ1) is 8.13. The topological polar surface area (TPSA) is 12.0 Å². The number of unbranched alkanes of at least 4 members (excludes halogenated alkanes) is 3. The Hall–Kier alpha value is -0.570. The number of hydrogen-bond acceptors (Lipinski definition) is 1. The maximum atomic E-state index is 13.5. The van der Waals surface area contributed by atoms with Gasteiger partial charge in [-0.15, -0.1) is 0 Å². The van der Waals surface area contributed by atoms with Crippen molar-refractivity contribution in [2.24, 2.45) is 0 Å². The summed E-state index contributed by atoms with van der Waals surface area (Å²) < 4.78 is 14.4. The van der Waals surface area contributed by atoms with E-state index in [0.717, 1.165) is 10.9 Å². The lowest BCUT2D eigenvalue weighted by atomic mass is 10.1. The van der Waals surface area contributed by atoms with Crippen LogP contribution in [0.4, 0.5) is 10.1 Å². The number of hydrogen-bond donors (Lipinski definition) is 1. The molecule has 96 valence electrons. The summed E-state index contributed by atoms with van der Waals surface area (Å²) in [6, 6.07) is 5.30. The first-order valence-corrected chi connectivity index (χ1v) is 7.14. The molecule has 0 radical (unpaired) electrons. The van der Waals surface area contributed by atoms with Gasteiger partial charge in [-0.25, -0.2) is 4.39 Å². The summed E-state index contributed by atoms with van der Waals surface area (Å²) in [5, 5.41) is 3.22. The molecule has 0 aromatic heterocycles. The Balaban J connectivity index is 2.39. The maximum absolute atomic E-state index is 13.5. The van der Waals surface area contributed by atoms with Crippen molar-refractivity contribution in [2.45, 2.75) is 52.0 Å². The quantitative estimate of drug-likeness (QED) is 0.669. The molecule has 1 nitrogen and oxygen atoms in total. The fourth-order valence-corrected chi connectivity index (χ4v) is 2.18. The van der Waals surface area contributed by atoms with Crippen molar-refractivity contribution in [1.29, 1.82) is 0 Å². The van der Waals surface area contributed by atoms with Gasteiger partial charge in [-0.1, -0.05) is 48.5 Å². The molecule has 1 N–H and O–H groups in total. The molecule has 0 fully saturated rings. The Kier molecular flexibility index (Phi) is 6.56. The highest BCUT2D eigenvalue weighted by Gasteiger charge is 2.06. The van der Waals surface area contributed by atoms with Crippen molar-refractivity contribution in [3.63, 3.8) is 0 Å². The van der Waals surface area contributed by atoms with Crippen LogP contribution in [0.2, 0.25) is 0 Å². The fourth-order valence-electron chi connectivity index (χ4n) is 1.82. The molecular weight excluding hydrogens is 281 g/mol. The van der Waals surface area contributed by atoms with Gasteiger partial charge in [-0.3, -0.25) is 0 Å². The molecule has 3 heteroatoms. The molecule has 0 aliphatic carbocycles. The first kappa shape index (κ1) is 14.5. The molecule has 0 saturated heterocycles. The fraction of sp³-hybridized carbons (Fsp3) is 0.571. The maximum Gasteiger partial charge on any atom is 0.146 e. The van der Waals surface area contributed by atoms with E-state index in [1.54, 1.807) is 12.1 Å². The van der Waals surface area contributed by atoms with Gasteiger partial charge in [-0.2, -0.15) is 0 Å². The molecule has 1 aromatic rings. The Labute approximate surface area is 112 Å². The molecule has 1 atom stereocenters. The Morgan fingerprint density at radius 2 is 2.06 bits per heavy atom. The van der Waals surface area contributed by atoms with Crippen molar-refractivity contribution in [1.82, 2.24) is 0 Å². The summed E-state index contributed by atoms with van der Waals surface area (Å²) in [4.78, 5) is 0. The largest absolute Gasteiger partial charge is 0.380 e. The van der Waals surface area contributed by atoms with Gasteiger partial charge in [0.25, 0.3) is 0 Å². The lowest BCUT2D eigenvalue weighted by Gasteiger charge is -2.16. The zero-order valence-corrected chi connectivity index (χ0v) is 12.2. The molecule has 0 aliphatic heterocycles. The number of benzene rings is 1. The zero-order valence-electron chi connectivity index (χ0n) is 10.6. The highest BCUT2D eigenvalue weighted by atomic mass is 79.9. The second-order valence-corrected chi connectivity index (χ2v) is 5.43. The summed E-state index contributed by atoms with van der Waals surface area (Å²) in [6.07, 6.45) is 6.10. The van der Waals surface area contributed by atoms with E-state index < -0.39 is 0 Å². The second kappa shape index (κ2) is 7.70. The SMILES string of the molecule is CCCCCCC(C)Nc1cc(Br)ccc1F. The van der Waals surface area contributed by atoms with Crippen LogP contribution in [-0.2, 0) is 0 Å². The van der Waals surface area contributed by atoms with E-state index in [0.29, 0.717) is 11.7 Å². The molecule has 0 spiro atoms. The van der Waals surface area contributed by atoms with Gasteiger partial charge in [0.1, 0.15) is 5.82 Å². The lowest BCUT2D eigenvalue weighted by molar-refractivity contribution is 0.585. The average molecular weight is 302 g/mol. The van der Waals surface area contributed by atoms with Gasteiger partial charge < -0.3 is 5.32 Å². The number of halogens is 2. The molecular formula is C14H21BrFN. The minimum Gasteiger partial charge on any atom is -0.380 e. The van der Waals surface area contributed by atoms with E-state index >= 15 is 0 Å². The predicted molar refractivity (Wildman–Crippen MR) is 75.9 cm³/mol. The van der Waals surface area contributed by atoms with Gasteiger partial charge in [0.2, 0.25) is 0 Å². The van der Waals surface area contributed by atoms with E-state index in [-0.39, 0.29) is 5.82 Å². The molecule has 1 aromatic carbocycles. The van der Waals surface area contributed by atoms with E-state index in [1.165, 1.54) is 31.7 Å². The smallest absolute Gasteiger partial charge is 0.146 e. The summed E-state index contributed by atoms with van der Waals surface area (Å²) in [6.45, 7) is 4.31. The van der Waals surface area contributed by atoms with E-state index in [1.807, 2.05) is 0 Å². The molecule has 17 heavy (non-hydrogen) atoms. The van der Waals surface area contributed by atoms with Crippen LogP contribution in [-0.4, -0.2) is 6.04 Å². The van der Waals surface area contributed by atoms with E-state index in [9.17, 15) is 4.39 Å². The highest BCUT2D eigenvalue weighted by Crippen LogP contribution is 2.21. The van der Waals surface area contributed by atoms with Crippen LogP contribution in [0.3, 0.4) is 0 Å². The minimum absolute atomic E-state index is 0.186. The molecule has 0 heterocycles. The molecule has 0 aliphatic rings. The van der Waals surface area contributed by atoms with Crippen LogP contribution in [0.25, 0.3) is 0 Å². The van der Waals surface area contributed by atoms with Gasteiger partial charge in [0, 0.05) is 10.5 Å². The summed E-state index contributed by atoms with van der Waals surface area (Å²) in [5.41, 5.74) is 0.586. The third-order valence-electron chi connectivity index (χ3n) is 2.82. The minimum atomic E-state index is -0.186. The molecule has 1 unspecified atom stereocenters. The Bertz CT molecular complexity index is 341. The van der Waals surface area contributed by atoms with Crippen LogP contribution >= 0.6 is 15.9 Å². The monoisotopic (exact) mass is 301 g/mol. The van der Waals surface area contributed by atoms with Crippen molar-refractivity contribution in [3.05, 3.63) is 28.5 Å². The van der Waals surface area contributed by atoms with E-state index in [4.69, 9.17) is 0 Å². The van der Waals surface area contributed by atoms with Gasteiger partial charge in [0.15, 0.2) is 0 Å². The molecule has 1 rings (SSSR count). The Morgan fingerprint density at radius 3 is 2.76 bits per heavy atom. The highest BCUT2D eigenvalue weighted by molar-refractivity contribution is 9.10. The molecule has 0 bridgehead atoms. The van der Waals surface area contributed by atoms with Crippen LogP contribution in [0.1, 0.15) is 46.0 Å². The summed E-state index contributed by atoms with van der Waals surface area (Å²) >= 11 is 3.35. The normalized spacial score (nSPS) is 12.5. The number of nitrogens with one attached hydrogen (secondary N) is 1. The van der Waals surface area contributed by atoms with Crippen LogP contribution in [0, 0.1) is 5.82 Å². The van der Waals surface area contributed by atoms with Crippen LogP contribution in [0.15, 0.2) is 22.7 Å². The van der Waals surface area contributed by atoms with Crippen molar-refractivity contribution in [3.8, 4) is 0 Å².